The summed E-state index contributed by atoms with van der Waals surface area (Å²) in [6.07, 6.45) is 2.77. The predicted octanol–water partition coefficient (Wildman–Crippen LogP) is 4.74. The molecule has 4 aromatic rings. The van der Waals surface area contributed by atoms with Crippen molar-refractivity contribution in [3.63, 3.8) is 0 Å². The molecule has 10 nitrogen and oxygen atoms in total. The van der Waals surface area contributed by atoms with E-state index < -0.39 is 5.97 Å². The minimum absolute atomic E-state index is 0.0640. The monoisotopic (exact) mass is 489 g/mol. The summed E-state index contributed by atoms with van der Waals surface area (Å²) in [6, 6.07) is 13.3. The molecule has 1 atom stereocenters. The molecule has 2 aromatic heterocycles. The highest BCUT2D eigenvalue weighted by Crippen LogP contribution is 2.35. The van der Waals surface area contributed by atoms with E-state index in [9.17, 15) is 19.8 Å². The first kappa shape index (κ1) is 24.6. The average molecular weight is 490 g/mol. The van der Waals surface area contributed by atoms with Crippen molar-refractivity contribution in [3.05, 3.63) is 54.9 Å². The molecule has 0 fully saturated rings. The molecule has 1 unspecified atom stereocenters. The number of ether oxygens (including phenoxy) is 1. The number of benzene rings is 2. The van der Waals surface area contributed by atoms with Crippen LogP contribution in [0.25, 0.3) is 22.3 Å². The Hall–Kier alpha value is -4.47. The van der Waals surface area contributed by atoms with Crippen LogP contribution in [0.3, 0.4) is 0 Å². The maximum Gasteiger partial charge on any atom is 0.303 e. The van der Waals surface area contributed by atoms with Gasteiger partial charge in [-0.25, -0.2) is 14.6 Å². The molecule has 0 saturated carbocycles. The van der Waals surface area contributed by atoms with Gasteiger partial charge in [0.15, 0.2) is 5.65 Å². The van der Waals surface area contributed by atoms with Crippen molar-refractivity contribution in [3.8, 4) is 28.5 Å². The zero-order chi connectivity index (χ0) is 25.7. The van der Waals surface area contributed by atoms with Crippen LogP contribution in [0.5, 0.6) is 17.2 Å². The number of fused-ring (bicyclic) bond motifs is 1. The molecule has 0 aliphatic heterocycles. The van der Waals surface area contributed by atoms with Gasteiger partial charge in [-0.1, -0.05) is 6.92 Å². The summed E-state index contributed by atoms with van der Waals surface area (Å²) in [5.41, 5.74) is 8.01. The summed E-state index contributed by atoms with van der Waals surface area (Å²) in [6.45, 7) is 1.80. The number of carboxylic acids is 1. The van der Waals surface area contributed by atoms with E-state index in [2.05, 4.69) is 9.97 Å². The van der Waals surface area contributed by atoms with Crippen LogP contribution in [0.2, 0.25) is 0 Å². The number of carbonyl (C=O) groups excluding carboxylic acids is 1. The van der Waals surface area contributed by atoms with Gasteiger partial charge in [0.1, 0.15) is 40.9 Å². The number of nitrogens with two attached hydrogens (primary N) is 1. The molecule has 0 spiro atoms. The van der Waals surface area contributed by atoms with Crippen LogP contribution in [0, 0.1) is 0 Å². The van der Waals surface area contributed by atoms with E-state index in [-0.39, 0.29) is 29.8 Å². The molecular formula is C26H27N5O5. The van der Waals surface area contributed by atoms with E-state index in [1.54, 1.807) is 48.0 Å². The van der Waals surface area contributed by atoms with Gasteiger partial charge in [-0.3, -0.25) is 9.59 Å². The quantitative estimate of drug-likeness (QED) is 0.271. The Morgan fingerprint density at radius 1 is 1.00 bits per heavy atom. The second-order valence-corrected chi connectivity index (χ2v) is 8.39. The number of nitrogens with zero attached hydrogens (tertiary/aromatic N) is 4. The fourth-order valence-corrected chi connectivity index (χ4v) is 3.97. The number of carbonyl (C=O) groups is 2. The summed E-state index contributed by atoms with van der Waals surface area (Å²) in [5.74, 6) is 0.765. The number of ketones is 1. The molecule has 0 bridgehead atoms. The van der Waals surface area contributed by atoms with E-state index in [0.29, 0.717) is 53.9 Å². The predicted molar refractivity (Wildman–Crippen MR) is 134 cm³/mol. The van der Waals surface area contributed by atoms with E-state index >= 15 is 0 Å². The number of hydrogen-bond donors (Lipinski definition) is 3. The molecule has 0 radical (unpaired) electrons. The zero-order valence-electron chi connectivity index (χ0n) is 19.8. The molecule has 186 valence electrons. The second-order valence-electron chi connectivity index (χ2n) is 8.39. The number of phenolic OH excluding ortho intramolecular Hbond substituents is 1. The molecule has 0 aliphatic carbocycles. The van der Waals surface area contributed by atoms with Gasteiger partial charge in [0.05, 0.1) is 11.4 Å². The number of carboxylic acid groups (broad SMARTS) is 1. The molecule has 10 heteroatoms. The van der Waals surface area contributed by atoms with Crippen LogP contribution < -0.4 is 10.5 Å². The third kappa shape index (κ3) is 5.60. The highest BCUT2D eigenvalue weighted by Gasteiger charge is 2.23. The van der Waals surface area contributed by atoms with Crippen LogP contribution in [-0.2, 0) is 9.59 Å². The smallest absolute Gasteiger partial charge is 0.303 e. The summed E-state index contributed by atoms with van der Waals surface area (Å²) in [5, 5.41) is 24.0. The van der Waals surface area contributed by atoms with Gasteiger partial charge in [-0.05, 0) is 61.4 Å². The third-order valence-electron chi connectivity index (χ3n) is 5.91. The number of aromatic hydroxyl groups is 1. The molecule has 4 N–H and O–H groups in total. The molecule has 0 saturated heterocycles. The van der Waals surface area contributed by atoms with Gasteiger partial charge in [0.2, 0.25) is 0 Å². The largest absolute Gasteiger partial charge is 0.508 e. The highest BCUT2D eigenvalue weighted by atomic mass is 16.5. The zero-order valence-corrected chi connectivity index (χ0v) is 19.8. The van der Waals surface area contributed by atoms with E-state index in [1.165, 1.54) is 6.33 Å². The molecule has 36 heavy (non-hydrogen) atoms. The number of aliphatic carboxylic acids is 1. The summed E-state index contributed by atoms with van der Waals surface area (Å²) in [4.78, 5) is 31.8. The first-order valence-electron chi connectivity index (χ1n) is 11.6. The van der Waals surface area contributed by atoms with Crippen molar-refractivity contribution in [2.75, 3.05) is 5.73 Å². The summed E-state index contributed by atoms with van der Waals surface area (Å²) in [7, 11) is 0. The van der Waals surface area contributed by atoms with Crippen LogP contribution in [0.1, 0.15) is 45.1 Å². The Morgan fingerprint density at radius 2 is 1.64 bits per heavy atom. The minimum atomic E-state index is -0.920. The molecular weight excluding hydrogens is 462 g/mol. The second kappa shape index (κ2) is 10.9. The number of hydrogen-bond acceptors (Lipinski definition) is 8. The van der Waals surface area contributed by atoms with Crippen LogP contribution in [0.4, 0.5) is 5.82 Å². The average Bonchev–Trinajstić information content (AvgIpc) is 3.26. The van der Waals surface area contributed by atoms with Crippen molar-refractivity contribution >= 4 is 28.6 Å². The molecule has 0 amide bonds. The Bertz CT molecular complexity index is 1370. The van der Waals surface area contributed by atoms with E-state index in [1.807, 2.05) is 12.1 Å². The van der Waals surface area contributed by atoms with Crippen molar-refractivity contribution in [1.29, 1.82) is 0 Å². The topological polar surface area (TPSA) is 153 Å². The lowest BCUT2D eigenvalue weighted by atomic mass is 10.0. The van der Waals surface area contributed by atoms with Gasteiger partial charge in [0, 0.05) is 24.8 Å². The maximum absolute atomic E-state index is 12.0. The lowest BCUT2D eigenvalue weighted by molar-refractivity contribution is -0.137. The number of nitrogen functional groups attached to an aromatic ring is 1. The van der Waals surface area contributed by atoms with Crippen LogP contribution in [-0.4, -0.2) is 41.7 Å². The third-order valence-corrected chi connectivity index (χ3v) is 5.91. The molecule has 4 rings (SSSR count). The summed E-state index contributed by atoms with van der Waals surface area (Å²) < 4.78 is 7.50. The van der Waals surface area contributed by atoms with Gasteiger partial charge in [-0.15, -0.1) is 0 Å². The Balaban J connectivity index is 1.69. The van der Waals surface area contributed by atoms with Crippen molar-refractivity contribution < 1.29 is 24.5 Å². The minimum Gasteiger partial charge on any atom is -0.508 e. The first-order chi connectivity index (χ1) is 17.4. The highest BCUT2D eigenvalue weighted by molar-refractivity contribution is 5.98. The lowest BCUT2D eigenvalue weighted by Crippen LogP contribution is -2.15. The number of phenols is 1. The van der Waals surface area contributed by atoms with E-state index in [0.717, 1.165) is 5.56 Å². The number of anilines is 1. The molecule has 0 aliphatic rings. The van der Waals surface area contributed by atoms with Crippen molar-refractivity contribution in [1.82, 2.24) is 19.7 Å². The molecule has 2 aromatic carbocycles. The fourth-order valence-electron chi connectivity index (χ4n) is 3.97. The van der Waals surface area contributed by atoms with Crippen molar-refractivity contribution in [2.24, 2.45) is 0 Å². The number of aromatic nitrogens is 4. The Labute approximate surface area is 207 Å². The van der Waals surface area contributed by atoms with Crippen LogP contribution >= 0.6 is 0 Å². The number of Topliss-reactive ketones (excluding diaryl/α,β-unsaturated/α-hetero) is 1. The standard InChI is InChI=1S/C26H27N5O5/c1-2-18(32)7-5-17(6-14-22(34)35)31-26-23(25(27)28-15-29-26)24(30-31)16-3-10-20(11-4-16)36-21-12-8-19(33)9-13-21/h3-4,8-13,15,17,33H,2,5-7,14H2,1H3,(H,34,35)(H2,27,28,29). The van der Waals surface area contributed by atoms with Gasteiger partial charge in [0.25, 0.3) is 0 Å². The van der Waals surface area contributed by atoms with Gasteiger partial charge >= 0.3 is 5.97 Å². The lowest BCUT2D eigenvalue weighted by Gasteiger charge is -2.17. The van der Waals surface area contributed by atoms with Crippen molar-refractivity contribution in [2.45, 2.75) is 45.1 Å². The summed E-state index contributed by atoms with van der Waals surface area (Å²) >= 11 is 0. The van der Waals surface area contributed by atoms with E-state index in [4.69, 9.17) is 15.6 Å². The molecule has 2 heterocycles. The Kier molecular flexibility index (Phi) is 7.43. The SMILES string of the molecule is CCC(=O)CCC(CCC(=O)O)n1nc(-c2ccc(Oc3ccc(O)cc3)cc2)c2c(N)ncnc21. The fraction of sp³-hybridized carbons (Fsp3) is 0.269. The Morgan fingerprint density at radius 3 is 2.28 bits per heavy atom. The first-order valence-corrected chi connectivity index (χ1v) is 11.6. The maximum atomic E-state index is 12.0. The normalized spacial score (nSPS) is 11.9. The van der Waals surface area contributed by atoms with Crippen LogP contribution in [0.15, 0.2) is 54.9 Å². The van der Waals surface area contributed by atoms with Gasteiger partial charge in [-0.2, -0.15) is 5.10 Å². The van der Waals surface area contributed by atoms with Gasteiger partial charge < -0.3 is 20.7 Å². The number of rotatable bonds is 11.